The first-order valence-electron chi connectivity index (χ1n) is 5.75. The zero-order valence-corrected chi connectivity index (χ0v) is 10.2. The van der Waals surface area contributed by atoms with Crippen LogP contribution in [0.2, 0.25) is 0 Å². The summed E-state index contributed by atoms with van der Waals surface area (Å²) in [6.45, 7) is 5.81. The van der Waals surface area contributed by atoms with Gasteiger partial charge in [0.2, 0.25) is 0 Å². The highest BCUT2D eigenvalue weighted by atomic mass is 16.5. The molecule has 0 unspecified atom stereocenters. The molecule has 0 aliphatic carbocycles. The van der Waals surface area contributed by atoms with E-state index in [1.165, 1.54) is 0 Å². The van der Waals surface area contributed by atoms with E-state index in [2.05, 4.69) is 6.58 Å². The van der Waals surface area contributed by atoms with Crippen molar-refractivity contribution >= 4 is 5.97 Å². The van der Waals surface area contributed by atoms with Crippen molar-refractivity contribution in [3.8, 4) is 0 Å². The molecule has 0 fully saturated rings. The lowest BCUT2D eigenvalue weighted by Crippen LogP contribution is -2.07. The highest BCUT2D eigenvalue weighted by Gasteiger charge is 2.08. The van der Waals surface area contributed by atoms with Crippen LogP contribution in [-0.2, 0) is 16.1 Å². The smallest absolute Gasteiger partial charge is 0.334 e. The molecule has 0 spiro atoms. The lowest BCUT2D eigenvalue weighted by atomic mass is 10.1. The van der Waals surface area contributed by atoms with Gasteiger partial charge in [-0.2, -0.15) is 0 Å². The van der Waals surface area contributed by atoms with Crippen LogP contribution in [0.5, 0.6) is 0 Å². The molecule has 0 bridgehead atoms. The number of rotatable bonds is 6. The summed E-state index contributed by atoms with van der Waals surface area (Å²) in [7, 11) is 0. The predicted molar refractivity (Wildman–Crippen MR) is 69.4 cm³/mol. The monoisotopic (exact) mass is 230 g/mol. The van der Waals surface area contributed by atoms with Crippen LogP contribution in [0, 0.1) is 0 Å². The fraction of sp³-hybridized carbons (Fsp3) is 0.267. The van der Waals surface area contributed by atoms with E-state index in [1.807, 2.05) is 37.3 Å². The van der Waals surface area contributed by atoms with Crippen molar-refractivity contribution in [1.82, 2.24) is 0 Å². The van der Waals surface area contributed by atoms with E-state index in [-0.39, 0.29) is 5.97 Å². The average Bonchev–Trinajstić information content (AvgIpc) is 2.38. The van der Waals surface area contributed by atoms with Crippen LogP contribution in [-0.4, -0.2) is 5.97 Å². The zero-order chi connectivity index (χ0) is 12.5. The molecular weight excluding hydrogens is 212 g/mol. The van der Waals surface area contributed by atoms with Gasteiger partial charge in [0.1, 0.15) is 6.61 Å². The lowest BCUT2D eigenvalue weighted by Gasteiger charge is -2.07. The molecule has 1 aromatic rings. The summed E-state index contributed by atoms with van der Waals surface area (Å²) in [6.07, 6.45) is 5.08. The number of carbonyl (C=O) groups is 1. The highest BCUT2D eigenvalue weighted by molar-refractivity contribution is 5.88. The van der Waals surface area contributed by atoms with Crippen LogP contribution in [0.3, 0.4) is 0 Å². The Morgan fingerprint density at radius 2 is 2.06 bits per heavy atom. The maximum absolute atomic E-state index is 11.7. The molecule has 0 radical (unpaired) electrons. The van der Waals surface area contributed by atoms with Gasteiger partial charge in [-0.1, -0.05) is 42.5 Å². The van der Waals surface area contributed by atoms with Crippen molar-refractivity contribution in [3.05, 3.63) is 60.2 Å². The summed E-state index contributed by atoms with van der Waals surface area (Å²) in [6, 6.07) is 9.67. The molecule has 0 saturated heterocycles. The van der Waals surface area contributed by atoms with E-state index in [0.717, 1.165) is 12.0 Å². The minimum Gasteiger partial charge on any atom is -0.457 e. The Morgan fingerprint density at radius 3 is 2.65 bits per heavy atom. The minimum atomic E-state index is -0.238. The Morgan fingerprint density at radius 1 is 1.35 bits per heavy atom. The molecule has 17 heavy (non-hydrogen) atoms. The first kappa shape index (κ1) is 13.2. The Kier molecular flexibility index (Phi) is 5.80. The Hall–Kier alpha value is -1.83. The normalized spacial score (nSPS) is 11.0. The number of ether oxygens (including phenoxy) is 1. The number of esters is 1. The van der Waals surface area contributed by atoms with Crippen LogP contribution in [0.15, 0.2) is 54.6 Å². The van der Waals surface area contributed by atoms with E-state index in [9.17, 15) is 4.79 Å². The van der Waals surface area contributed by atoms with Crippen LogP contribution in [0.1, 0.15) is 25.3 Å². The van der Waals surface area contributed by atoms with Crippen molar-refractivity contribution in [2.24, 2.45) is 0 Å². The fourth-order valence-electron chi connectivity index (χ4n) is 1.44. The van der Waals surface area contributed by atoms with Crippen LogP contribution in [0.25, 0.3) is 0 Å². The van der Waals surface area contributed by atoms with Gasteiger partial charge in [0, 0.05) is 5.57 Å². The summed E-state index contributed by atoms with van der Waals surface area (Å²) in [5, 5.41) is 0. The molecular formula is C15H18O2. The quantitative estimate of drug-likeness (QED) is 0.423. The van der Waals surface area contributed by atoms with Crippen molar-refractivity contribution in [1.29, 1.82) is 0 Å². The second kappa shape index (κ2) is 7.44. The third-order valence-corrected chi connectivity index (χ3v) is 2.44. The molecule has 0 aliphatic rings. The molecule has 0 amide bonds. The van der Waals surface area contributed by atoms with Gasteiger partial charge in [-0.3, -0.25) is 0 Å². The molecule has 0 aliphatic heterocycles. The summed E-state index contributed by atoms with van der Waals surface area (Å²) in [4.78, 5) is 11.7. The van der Waals surface area contributed by atoms with E-state index in [0.29, 0.717) is 18.6 Å². The number of hydrogen-bond donors (Lipinski definition) is 0. The van der Waals surface area contributed by atoms with Crippen LogP contribution in [0.4, 0.5) is 0 Å². The van der Waals surface area contributed by atoms with Gasteiger partial charge in [0.05, 0.1) is 0 Å². The average molecular weight is 230 g/mol. The number of hydrogen-bond acceptors (Lipinski definition) is 2. The number of allylic oxidation sites excluding steroid dienone is 2. The highest BCUT2D eigenvalue weighted by Crippen LogP contribution is 2.10. The molecule has 0 aromatic heterocycles. The maximum Gasteiger partial charge on any atom is 0.334 e. The molecule has 1 rings (SSSR count). The van der Waals surface area contributed by atoms with Gasteiger partial charge >= 0.3 is 5.97 Å². The van der Waals surface area contributed by atoms with Gasteiger partial charge in [-0.15, -0.1) is 6.58 Å². The van der Waals surface area contributed by atoms with Gasteiger partial charge in [0.25, 0.3) is 0 Å². The fourth-order valence-corrected chi connectivity index (χ4v) is 1.44. The Labute approximate surface area is 103 Å². The van der Waals surface area contributed by atoms with E-state index >= 15 is 0 Å². The van der Waals surface area contributed by atoms with Crippen molar-refractivity contribution in [2.45, 2.75) is 26.4 Å². The lowest BCUT2D eigenvalue weighted by molar-refractivity contribution is -0.140. The Balaban J connectivity index is 2.46. The molecule has 90 valence electrons. The maximum atomic E-state index is 11.7. The molecule has 1 aromatic carbocycles. The first-order chi connectivity index (χ1) is 8.27. The second-order valence-electron chi connectivity index (χ2n) is 3.70. The van der Waals surface area contributed by atoms with Crippen LogP contribution < -0.4 is 0 Å². The first-order valence-corrected chi connectivity index (χ1v) is 5.75. The van der Waals surface area contributed by atoms with E-state index in [4.69, 9.17) is 4.74 Å². The third kappa shape index (κ3) is 4.68. The molecule has 0 atom stereocenters. The largest absolute Gasteiger partial charge is 0.457 e. The summed E-state index contributed by atoms with van der Waals surface area (Å²) < 4.78 is 5.24. The summed E-state index contributed by atoms with van der Waals surface area (Å²) in [5.41, 5.74) is 1.71. The summed E-state index contributed by atoms with van der Waals surface area (Å²) in [5.74, 6) is -0.238. The third-order valence-electron chi connectivity index (χ3n) is 2.44. The van der Waals surface area contributed by atoms with Gasteiger partial charge in [-0.05, 0) is 25.3 Å². The topological polar surface area (TPSA) is 26.3 Å². The zero-order valence-electron chi connectivity index (χ0n) is 10.2. The van der Waals surface area contributed by atoms with E-state index < -0.39 is 0 Å². The molecule has 0 saturated carbocycles. The Bertz CT molecular complexity index is 391. The van der Waals surface area contributed by atoms with Gasteiger partial charge in [0.15, 0.2) is 0 Å². The number of carbonyl (C=O) groups excluding carboxylic acids is 1. The SMILES string of the molecule is C=CCC/C(=C\C)C(=O)OCc1ccccc1. The van der Waals surface area contributed by atoms with Crippen molar-refractivity contribution < 1.29 is 9.53 Å². The van der Waals surface area contributed by atoms with E-state index in [1.54, 1.807) is 12.2 Å². The van der Waals surface area contributed by atoms with Crippen molar-refractivity contribution in [2.75, 3.05) is 0 Å². The number of benzene rings is 1. The molecule has 0 heterocycles. The standard InChI is InChI=1S/C15H18O2/c1-3-5-11-14(4-2)15(16)17-12-13-9-7-6-8-10-13/h3-4,6-10H,1,5,11-12H2,2H3/b14-4+. The molecule has 2 heteroatoms. The van der Waals surface area contributed by atoms with Gasteiger partial charge < -0.3 is 4.74 Å². The molecule has 0 N–H and O–H groups in total. The van der Waals surface area contributed by atoms with Crippen molar-refractivity contribution in [3.63, 3.8) is 0 Å². The second-order valence-corrected chi connectivity index (χ2v) is 3.70. The minimum absolute atomic E-state index is 0.238. The molecule has 2 nitrogen and oxygen atoms in total. The summed E-state index contributed by atoms with van der Waals surface area (Å²) >= 11 is 0. The van der Waals surface area contributed by atoms with Crippen LogP contribution >= 0.6 is 0 Å². The van der Waals surface area contributed by atoms with Gasteiger partial charge in [-0.25, -0.2) is 4.79 Å². The predicted octanol–water partition coefficient (Wildman–Crippen LogP) is 3.64.